The van der Waals surface area contributed by atoms with Crippen LogP contribution in [0.4, 0.5) is 24.5 Å². The lowest BCUT2D eigenvalue weighted by molar-refractivity contribution is -0.137. The summed E-state index contributed by atoms with van der Waals surface area (Å²) in [6.45, 7) is 1.63. The summed E-state index contributed by atoms with van der Waals surface area (Å²) >= 11 is 0. The number of anilines is 2. The molecule has 0 aromatic heterocycles. The summed E-state index contributed by atoms with van der Waals surface area (Å²) in [5, 5.41) is 6.74. The minimum atomic E-state index is -4.33. The number of fused-ring (bicyclic) bond motifs is 3. The number of piperidine rings is 1. The zero-order valence-corrected chi connectivity index (χ0v) is 14.6. The molecule has 2 N–H and O–H groups in total. The van der Waals surface area contributed by atoms with E-state index in [9.17, 15) is 13.2 Å². The molecule has 2 fully saturated rings. The quantitative estimate of drug-likeness (QED) is 0.828. The predicted molar refractivity (Wildman–Crippen MR) is 94.4 cm³/mol. The number of benzene rings is 1. The molecule has 1 aromatic carbocycles. The highest BCUT2D eigenvalue weighted by atomic mass is 19.4. The highest BCUT2D eigenvalue weighted by Gasteiger charge is 2.45. The van der Waals surface area contributed by atoms with Crippen molar-refractivity contribution in [2.45, 2.75) is 62.7 Å². The molecule has 1 aliphatic carbocycles. The molecule has 6 heteroatoms. The lowest BCUT2D eigenvalue weighted by atomic mass is 9.89. The second-order valence-electron chi connectivity index (χ2n) is 7.72. The van der Waals surface area contributed by atoms with Crippen molar-refractivity contribution in [1.29, 1.82) is 0 Å². The monoisotopic (exact) mass is 353 g/mol. The van der Waals surface area contributed by atoms with Gasteiger partial charge in [-0.15, -0.1) is 0 Å². The lowest BCUT2D eigenvalue weighted by Crippen LogP contribution is -2.42. The molecule has 1 aromatic rings. The first-order valence-corrected chi connectivity index (χ1v) is 9.40. The minimum absolute atomic E-state index is 0.142. The molecule has 0 amide bonds. The maximum absolute atomic E-state index is 13.8. The van der Waals surface area contributed by atoms with Crippen molar-refractivity contribution in [2.75, 3.05) is 30.4 Å². The first kappa shape index (κ1) is 17.0. The molecule has 1 saturated carbocycles. The molecule has 138 valence electrons. The van der Waals surface area contributed by atoms with E-state index in [4.69, 9.17) is 0 Å². The maximum Gasteiger partial charge on any atom is 0.418 e. The van der Waals surface area contributed by atoms with Gasteiger partial charge in [0.25, 0.3) is 0 Å². The van der Waals surface area contributed by atoms with Crippen molar-refractivity contribution in [1.82, 2.24) is 5.32 Å². The Morgan fingerprint density at radius 2 is 1.88 bits per heavy atom. The van der Waals surface area contributed by atoms with Gasteiger partial charge >= 0.3 is 6.18 Å². The molecule has 3 nitrogen and oxygen atoms in total. The van der Waals surface area contributed by atoms with E-state index in [1.807, 2.05) is 18.0 Å². The number of alkyl halides is 3. The van der Waals surface area contributed by atoms with Crippen LogP contribution in [-0.4, -0.2) is 32.2 Å². The zero-order chi connectivity index (χ0) is 17.6. The molecule has 2 atom stereocenters. The zero-order valence-electron chi connectivity index (χ0n) is 14.6. The van der Waals surface area contributed by atoms with Crippen LogP contribution in [0.5, 0.6) is 0 Å². The smallest absolute Gasteiger partial charge is 0.382 e. The molecule has 25 heavy (non-hydrogen) atoms. The first-order chi connectivity index (χ1) is 11.9. The van der Waals surface area contributed by atoms with E-state index in [0.717, 1.165) is 50.8 Å². The number of hydrogen-bond donors (Lipinski definition) is 2. The van der Waals surface area contributed by atoms with Crippen LogP contribution in [-0.2, 0) is 6.18 Å². The first-order valence-electron chi connectivity index (χ1n) is 9.40. The Balaban J connectivity index is 1.73. The molecule has 4 rings (SSSR count). The SMILES string of the molecule is CN1c2c(cc(NC3CCCCC3)cc2C(F)(F)F)C2CNCCC21. The van der Waals surface area contributed by atoms with E-state index < -0.39 is 11.7 Å². The van der Waals surface area contributed by atoms with Gasteiger partial charge in [-0.05, 0) is 43.5 Å². The average Bonchev–Trinajstić information content (AvgIpc) is 2.88. The van der Waals surface area contributed by atoms with Crippen LogP contribution in [0, 0.1) is 0 Å². The molecule has 0 bridgehead atoms. The Morgan fingerprint density at radius 3 is 2.60 bits per heavy atom. The van der Waals surface area contributed by atoms with Gasteiger partial charge in [-0.1, -0.05) is 19.3 Å². The summed E-state index contributed by atoms with van der Waals surface area (Å²) in [6, 6.07) is 3.77. The second-order valence-corrected chi connectivity index (χ2v) is 7.72. The predicted octanol–water partition coefficient (Wildman–Crippen LogP) is 4.35. The summed E-state index contributed by atoms with van der Waals surface area (Å²) in [5.41, 5.74) is 1.39. The Labute approximate surface area is 147 Å². The molecular formula is C19H26F3N3. The molecular weight excluding hydrogens is 327 g/mol. The summed E-state index contributed by atoms with van der Waals surface area (Å²) in [7, 11) is 1.82. The molecule has 2 heterocycles. The normalized spacial score (nSPS) is 27.1. The van der Waals surface area contributed by atoms with Gasteiger partial charge in [-0.25, -0.2) is 0 Å². The second kappa shape index (κ2) is 6.38. The molecule has 0 spiro atoms. The maximum atomic E-state index is 13.8. The molecule has 0 radical (unpaired) electrons. The third-order valence-corrected chi connectivity index (χ3v) is 6.12. The third kappa shape index (κ3) is 3.09. The molecule has 1 saturated heterocycles. The van der Waals surface area contributed by atoms with Crippen molar-refractivity contribution < 1.29 is 13.2 Å². The summed E-state index contributed by atoms with van der Waals surface area (Å²) < 4.78 is 41.3. The van der Waals surface area contributed by atoms with E-state index in [2.05, 4.69) is 10.6 Å². The summed E-state index contributed by atoms with van der Waals surface area (Å²) in [6.07, 6.45) is 2.20. The number of likely N-dealkylation sites (N-methyl/N-ethyl adjacent to an activating group) is 1. The van der Waals surface area contributed by atoms with E-state index in [0.29, 0.717) is 17.4 Å². The topological polar surface area (TPSA) is 27.3 Å². The van der Waals surface area contributed by atoms with Crippen molar-refractivity contribution >= 4 is 11.4 Å². The number of nitrogens with one attached hydrogen (secondary N) is 2. The number of hydrogen-bond acceptors (Lipinski definition) is 3. The largest absolute Gasteiger partial charge is 0.418 e. The van der Waals surface area contributed by atoms with Gasteiger partial charge in [0.1, 0.15) is 0 Å². The number of nitrogens with zero attached hydrogens (tertiary/aromatic N) is 1. The van der Waals surface area contributed by atoms with Gasteiger partial charge in [-0.3, -0.25) is 0 Å². The Bertz CT molecular complexity index is 638. The minimum Gasteiger partial charge on any atom is -0.382 e. The highest BCUT2D eigenvalue weighted by molar-refractivity contribution is 5.72. The number of halogens is 3. The fourth-order valence-electron chi connectivity index (χ4n) is 4.91. The van der Waals surface area contributed by atoms with Gasteiger partial charge in [0.05, 0.1) is 11.3 Å². The van der Waals surface area contributed by atoms with E-state index in [1.54, 1.807) is 0 Å². The Hall–Kier alpha value is -1.43. The van der Waals surface area contributed by atoms with E-state index in [-0.39, 0.29) is 12.0 Å². The van der Waals surface area contributed by atoms with Gasteiger partial charge in [0.2, 0.25) is 0 Å². The Morgan fingerprint density at radius 1 is 1.12 bits per heavy atom. The van der Waals surface area contributed by atoms with Crippen LogP contribution in [0.25, 0.3) is 0 Å². The fraction of sp³-hybridized carbons (Fsp3) is 0.684. The van der Waals surface area contributed by atoms with Gasteiger partial charge < -0.3 is 15.5 Å². The van der Waals surface area contributed by atoms with Crippen molar-refractivity contribution in [2.24, 2.45) is 0 Å². The third-order valence-electron chi connectivity index (χ3n) is 6.12. The van der Waals surface area contributed by atoms with Crippen molar-refractivity contribution in [3.63, 3.8) is 0 Å². The van der Waals surface area contributed by atoms with Gasteiger partial charge in [0, 0.05) is 37.3 Å². The van der Waals surface area contributed by atoms with Crippen LogP contribution < -0.4 is 15.5 Å². The molecule has 3 aliphatic rings. The van der Waals surface area contributed by atoms with E-state index >= 15 is 0 Å². The summed E-state index contributed by atoms with van der Waals surface area (Å²) in [5.74, 6) is 0.142. The molecule has 2 aliphatic heterocycles. The van der Waals surface area contributed by atoms with Crippen molar-refractivity contribution in [3.05, 3.63) is 23.3 Å². The van der Waals surface area contributed by atoms with Crippen LogP contribution in [0.1, 0.15) is 55.6 Å². The average molecular weight is 353 g/mol. The van der Waals surface area contributed by atoms with E-state index in [1.165, 1.54) is 12.5 Å². The molecule has 2 unspecified atom stereocenters. The van der Waals surface area contributed by atoms with Crippen LogP contribution >= 0.6 is 0 Å². The fourth-order valence-corrected chi connectivity index (χ4v) is 4.91. The summed E-state index contributed by atoms with van der Waals surface area (Å²) in [4.78, 5) is 1.87. The van der Waals surface area contributed by atoms with Crippen LogP contribution in [0.2, 0.25) is 0 Å². The number of rotatable bonds is 2. The van der Waals surface area contributed by atoms with Gasteiger partial charge in [-0.2, -0.15) is 13.2 Å². The lowest BCUT2D eigenvalue weighted by Gasteiger charge is -2.31. The standard InChI is InChI=1S/C19H26F3N3/c1-25-17-7-8-23-11-15(17)14-9-13(24-12-5-3-2-4-6-12)10-16(18(14)25)19(20,21)22/h9-10,12,15,17,23-24H,2-8,11H2,1H3. The van der Waals surface area contributed by atoms with Crippen molar-refractivity contribution in [3.8, 4) is 0 Å². The van der Waals surface area contributed by atoms with Crippen LogP contribution in [0.3, 0.4) is 0 Å². The van der Waals surface area contributed by atoms with Gasteiger partial charge in [0.15, 0.2) is 0 Å². The van der Waals surface area contributed by atoms with Crippen LogP contribution in [0.15, 0.2) is 12.1 Å². The Kier molecular flexibility index (Phi) is 4.34. The highest BCUT2D eigenvalue weighted by Crippen LogP contribution is 2.50.